The Hall–Kier alpha value is 0.270. The lowest BCUT2D eigenvalue weighted by molar-refractivity contribution is -0.0252. The molecule has 0 aromatic carbocycles. The van der Waals surface area contributed by atoms with Crippen molar-refractivity contribution in [1.29, 1.82) is 0 Å². The first kappa shape index (κ1) is 11.3. The van der Waals surface area contributed by atoms with Crippen LogP contribution in [0.15, 0.2) is 0 Å². The maximum absolute atomic E-state index is 12.7. The van der Waals surface area contributed by atoms with Gasteiger partial charge in [-0.2, -0.15) is 12.6 Å². The Morgan fingerprint density at radius 2 is 1.64 bits per heavy atom. The van der Waals surface area contributed by atoms with Crippen LogP contribution < -0.4 is 0 Å². The van der Waals surface area contributed by atoms with E-state index in [-0.39, 0.29) is 6.42 Å². The average molecular weight is 178 g/mol. The molecule has 0 heterocycles. The molecule has 0 aliphatic heterocycles. The third kappa shape index (κ3) is 3.45. The lowest BCUT2D eigenvalue weighted by Gasteiger charge is -2.28. The zero-order valence-electron chi connectivity index (χ0n) is 5.86. The van der Waals surface area contributed by atoms with E-state index in [0.29, 0.717) is 5.75 Å². The van der Waals surface area contributed by atoms with Gasteiger partial charge in [0.1, 0.15) is 13.4 Å². The van der Waals surface area contributed by atoms with Gasteiger partial charge in [0.2, 0.25) is 5.82 Å². The Kier molecular flexibility index (Phi) is 3.88. The zero-order chi connectivity index (χ0) is 9.12. The number of halogens is 3. The quantitative estimate of drug-likeness (QED) is 0.486. The molecule has 0 saturated carbocycles. The van der Waals surface area contributed by atoms with Crippen LogP contribution in [-0.2, 0) is 0 Å². The zero-order valence-corrected chi connectivity index (χ0v) is 6.75. The van der Waals surface area contributed by atoms with Gasteiger partial charge in [0.15, 0.2) is 7.85 Å². The Morgan fingerprint density at radius 1 is 1.18 bits per heavy atom. The maximum atomic E-state index is 12.7. The van der Waals surface area contributed by atoms with Crippen molar-refractivity contribution >= 4 is 28.3 Å². The van der Waals surface area contributed by atoms with Crippen LogP contribution in [-0.4, -0.2) is 32.8 Å². The Labute approximate surface area is 72.2 Å². The molecule has 0 saturated heterocycles. The molecule has 1 unspecified atom stereocenters. The second kappa shape index (κ2) is 3.78. The van der Waals surface area contributed by atoms with Crippen LogP contribution in [0.2, 0.25) is 0 Å². The topological polar surface area (TPSA) is 0 Å². The molecule has 0 aliphatic carbocycles. The minimum Gasteiger partial charge on any atom is -0.250 e. The third-order valence-corrected chi connectivity index (χ3v) is 1.57. The van der Waals surface area contributed by atoms with Gasteiger partial charge < -0.3 is 0 Å². The number of hydrogen-bond donors (Lipinski definition) is 1. The molecule has 60 valence electrons. The van der Waals surface area contributed by atoms with Crippen LogP contribution in [0.3, 0.4) is 0 Å². The molecule has 0 spiro atoms. The number of hydrogen-bond acceptors (Lipinski definition) is 1. The minimum atomic E-state index is -3.98. The van der Waals surface area contributed by atoms with Crippen molar-refractivity contribution in [3.05, 3.63) is 0 Å². The van der Waals surface area contributed by atoms with Gasteiger partial charge in [-0.1, -0.05) is 0 Å². The van der Waals surface area contributed by atoms with Crippen molar-refractivity contribution in [3.8, 4) is 0 Å². The van der Waals surface area contributed by atoms with E-state index >= 15 is 0 Å². The van der Waals surface area contributed by atoms with Gasteiger partial charge in [-0.3, -0.25) is 0 Å². The number of thiol groups is 1. The normalized spacial score (nSPS) is 17.8. The minimum absolute atomic E-state index is 0.170. The molecule has 0 N–H and O–H groups in total. The van der Waals surface area contributed by atoms with E-state index in [1.807, 2.05) is 0 Å². The molecule has 0 aromatic rings. The Morgan fingerprint density at radius 3 is 1.91 bits per heavy atom. The van der Waals surface area contributed by atoms with Crippen LogP contribution in [0.1, 0.15) is 12.8 Å². The van der Waals surface area contributed by atoms with Crippen molar-refractivity contribution in [3.63, 3.8) is 0 Å². The van der Waals surface area contributed by atoms with E-state index < -0.39 is 17.8 Å². The van der Waals surface area contributed by atoms with Gasteiger partial charge in [-0.25, -0.2) is 13.2 Å². The van der Waals surface area contributed by atoms with E-state index in [1.54, 1.807) is 0 Å². The summed E-state index contributed by atoms with van der Waals surface area (Å²) in [6.45, 7) is 0. The first-order valence-electron chi connectivity index (χ1n) is 3.06. The third-order valence-electron chi connectivity index (χ3n) is 1.25. The van der Waals surface area contributed by atoms with Gasteiger partial charge >= 0.3 is 0 Å². The molecule has 0 fully saturated rings. The highest BCUT2D eigenvalue weighted by molar-refractivity contribution is 7.80. The van der Waals surface area contributed by atoms with Gasteiger partial charge in [-0.15, -0.1) is 0 Å². The maximum Gasteiger partial charge on any atom is 0.224 e. The lowest BCUT2D eigenvalue weighted by Crippen LogP contribution is -2.45. The van der Waals surface area contributed by atoms with E-state index in [4.69, 9.17) is 0 Å². The Balaban J connectivity index is 4.00. The molecule has 0 aliphatic rings. The van der Waals surface area contributed by atoms with Crippen LogP contribution in [0.25, 0.3) is 0 Å². The fourth-order valence-corrected chi connectivity index (χ4v) is 0.661. The van der Waals surface area contributed by atoms with Crippen molar-refractivity contribution in [2.75, 3.05) is 5.75 Å². The summed E-state index contributed by atoms with van der Waals surface area (Å²) in [7, 11) is 8.80. The van der Waals surface area contributed by atoms with Crippen molar-refractivity contribution in [2.45, 2.75) is 24.2 Å². The first-order chi connectivity index (χ1) is 4.81. The van der Waals surface area contributed by atoms with Gasteiger partial charge in [0.25, 0.3) is 0 Å². The van der Waals surface area contributed by atoms with E-state index in [2.05, 4.69) is 28.3 Å². The summed E-state index contributed by atoms with van der Waals surface area (Å²) in [6, 6.07) is 0. The predicted molar refractivity (Wildman–Crippen MR) is 43.4 cm³/mol. The summed E-state index contributed by atoms with van der Waals surface area (Å²) < 4.78 is 36.8. The fourth-order valence-electron chi connectivity index (χ4n) is 0.503. The highest BCUT2D eigenvalue weighted by Crippen LogP contribution is 2.30. The van der Waals surface area contributed by atoms with Crippen LogP contribution >= 0.6 is 12.6 Å². The second-order valence-electron chi connectivity index (χ2n) is 2.31. The highest BCUT2D eigenvalue weighted by atomic mass is 32.1. The number of rotatable bonds is 4. The molecule has 0 aromatic heterocycles. The molecular formula is C5H7B2F3S. The van der Waals surface area contributed by atoms with Crippen LogP contribution in [0.4, 0.5) is 13.2 Å². The highest BCUT2D eigenvalue weighted by Gasteiger charge is 2.44. The monoisotopic (exact) mass is 178 g/mol. The molecule has 0 amide bonds. The summed E-state index contributed by atoms with van der Waals surface area (Å²) >= 11 is 3.72. The van der Waals surface area contributed by atoms with Gasteiger partial charge in [-0.05, 0) is 18.6 Å². The Bertz CT molecular complexity index is 123. The predicted octanol–water partition coefficient (Wildman–Crippen LogP) is 1.29. The van der Waals surface area contributed by atoms with Crippen molar-refractivity contribution in [2.24, 2.45) is 0 Å². The number of alkyl halides is 3. The summed E-state index contributed by atoms with van der Waals surface area (Å²) in [5, 5.41) is 0. The molecule has 11 heavy (non-hydrogen) atoms. The smallest absolute Gasteiger partial charge is 0.224 e. The standard InChI is InChI=1S/C5H7B2F3S/c6-4(8,2-1-3-11)5(7,9)10/h11H,1-3H2. The largest absolute Gasteiger partial charge is 0.250 e. The average Bonchev–Trinajstić information content (AvgIpc) is 1.81. The molecule has 6 heteroatoms. The van der Waals surface area contributed by atoms with Gasteiger partial charge in [0, 0.05) is 0 Å². The van der Waals surface area contributed by atoms with E-state index in [0.717, 1.165) is 0 Å². The SMILES string of the molecule is [B]C(F)(F)C([B])(F)CCCS. The fraction of sp³-hybridized carbons (Fsp3) is 1.00. The summed E-state index contributed by atoms with van der Waals surface area (Å²) in [5.74, 6) is -3.67. The van der Waals surface area contributed by atoms with Crippen molar-refractivity contribution in [1.82, 2.24) is 0 Å². The van der Waals surface area contributed by atoms with Crippen molar-refractivity contribution < 1.29 is 13.2 Å². The summed E-state index contributed by atoms with van der Waals surface area (Å²) in [4.78, 5) is 0. The van der Waals surface area contributed by atoms with E-state index in [9.17, 15) is 13.2 Å². The second-order valence-corrected chi connectivity index (χ2v) is 2.76. The van der Waals surface area contributed by atoms with Crippen LogP contribution in [0, 0.1) is 0 Å². The first-order valence-corrected chi connectivity index (χ1v) is 3.70. The molecule has 0 rings (SSSR count). The molecule has 0 nitrogen and oxygen atoms in total. The molecular weight excluding hydrogens is 171 g/mol. The lowest BCUT2D eigenvalue weighted by atomic mass is 9.67. The molecule has 1 atom stereocenters. The van der Waals surface area contributed by atoms with Gasteiger partial charge in [0.05, 0.1) is 0 Å². The summed E-state index contributed by atoms with van der Waals surface area (Å²) in [5.41, 5.74) is -3.12. The van der Waals surface area contributed by atoms with Crippen LogP contribution in [0.5, 0.6) is 0 Å². The van der Waals surface area contributed by atoms with E-state index in [1.165, 1.54) is 0 Å². The summed E-state index contributed by atoms with van der Waals surface area (Å²) in [6.07, 6.45) is -0.317. The molecule has 4 radical (unpaired) electrons. The molecule has 0 bridgehead atoms.